The standard InChI is InChI=1S/C19H22N2O2.C8H8N2O/c1-15-2-6-17(7-3-15)19(22)20-18-8-4-16(5-9-18)14-21-10-12-23-13-11-21;9-8(11)4-3-7-2-1-5-10-6-7/h2-9H,10-14H2,1H3,(H,20,22);1-6H,(H2,9,11). The summed E-state index contributed by atoms with van der Waals surface area (Å²) in [5.41, 5.74) is 9.65. The van der Waals surface area contributed by atoms with Crippen LogP contribution in [0.2, 0.25) is 0 Å². The number of pyridine rings is 1. The van der Waals surface area contributed by atoms with Crippen molar-refractivity contribution in [3.05, 3.63) is 101 Å². The molecule has 4 rings (SSSR count). The molecular weight excluding hydrogens is 428 g/mol. The number of ether oxygens (including phenoxy) is 1. The van der Waals surface area contributed by atoms with Crippen molar-refractivity contribution in [2.75, 3.05) is 31.6 Å². The van der Waals surface area contributed by atoms with Gasteiger partial charge in [-0.3, -0.25) is 19.5 Å². The van der Waals surface area contributed by atoms with Crippen molar-refractivity contribution in [1.29, 1.82) is 0 Å². The first-order valence-corrected chi connectivity index (χ1v) is 11.1. The van der Waals surface area contributed by atoms with Gasteiger partial charge in [0.15, 0.2) is 0 Å². The number of carbonyl (C=O) groups is 2. The molecule has 1 aromatic heterocycles. The lowest BCUT2D eigenvalue weighted by atomic mass is 10.1. The van der Waals surface area contributed by atoms with Gasteiger partial charge in [-0.05, 0) is 54.5 Å². The molecule has 2 aromatic carbocycles. The third-order valence-corrected chi connectivity index (χ3v) is 5.16. The van der Waals surface area contributed by atoms with Crippen LogP contribution in [-0.4, -0.2) is 48.0 Å². The summed E-state index contributed by atoms with van der Waals surface area (Å²) in [7, 11) is 0. The molecule has 3 aromatic rings. The number of rotatable bonds is 6. The highest BCUT2D eigenvalue weighted by Gasteiger charge is 2.11. The van der Waals surface area contributed by atoms with E-state index in [4.69, 9.17) is 10.5 Å². The van der Waals surface area contributed by atoms with Gasteiger partial charge < -0.3 is 15.8 Å². The van der Waals surface area contributed by atoms with E-state index in [1.54, 1.807) is 24.5 Å². The van der Waals surface area contributed by atoms with Crippen molar-refractivity contribution in [2.24, 2.45) is 5.73 Å². The van der Waals surface area contributed by atoms with Crippen LogP contribution in [0.4, 0.5) is 5.69 Å². The average Bonchev–Trinajstić information content (AvgIpc) is 2.86. The van der Waals surface area contributed by atoms with E-state index in [2.05, 4.69) is 27.3 Å². The molecule has 0 bridgehead atoms. The molecule has 0 aliphatic carbocycles. The highest BCUT2D eigenvalue weighted by Crippen LogP contribution is 2.14. The molecule has 7 nitrogen and oxygen atoms in total. The number of nitrogens with zero attached hydrogens (tertiary/aromatic N) is 2. The second-order valence-electron chi connectivity index (χ2n) is 7.93. The molecule has 7 heteroatoms. The van der Waals surface area contributed by atoms with Crippen molar-refractivity contribution in [3.8, 4) is 0 Å². The van der Waals surface area contributed by atoms with Crippen LogP contribution in [0.25, 0.3) is 6.08 Å². The summed E-state index contributed by atoms with van der Waals surface area (Å²) < 4.78 is 5.36. The van der Waals surface area contributed by atoms with E-state index in [0.29, 0.717) is 5.56 Å². The van der Waals surface area contributed by atoms with Gasteiger partial charge in [0, 0.05) is 49.4 Å². The fraction of sp³-hybridized carbons (Fsp3) is 0.222. The van der Waals surface area contributed by atoms with Gasteiger partial charge in [-0.25, -0.2) is 0 Å². The maximum atomic E-state index is 12.2. The minimum atomic E-state index is -0.450. The minimum absolute atomic E-state index is 0.0778. The second kappa shape index (κ2) is 13.0. The lowest BCUT2D eigenvalue weighted by Crippen LogP contribution is -2.35. The zero-order chi connectivity index (χ0) is 24.2. The predicted octanol–water partition coefficient (Wildman–Crippen LogP) is 3.66. The molecule has 1 fully saturated rings. The molecule has 0 radical (unpaired) electrons. The van der Waals surface area contributed by atoms with Crippen LogP contribution in [0.5, 0.6) is 0 Å². The Labute approximate surface area is 200 Å². The van der Waals surface area contributed by atoms with E-state index < -0.39 is 5.91 Å². The number of carbonyl (C=O) groups excluding carboxylic acids is 2. The van der Waals surface area contributed by atoms with Crippen LogP contribution < -0.4 is 11.1 Å². The molecule has 1 saturated heterocycles. The van der Waals surface area contributed by atoms with Gasteiger partial charge >= 0.3 is 0 Å². The number of hydrogen-bond donors (Lipinski definition) is 2. The molecule has 0 unspecified atom stereocenters. The Kier molecular flexibility index (Phi) is 9.52. The number of aryl methyl sites for hydroxylation is 1. The molecule has 2 amide bonds. The number of amides is 2. The fourth-order valence-electron chi connectivity index (χ4n) is 3.27. The van der Waals surface area contributed by atoms with Gasteiger partial charge in [-0.1, -0.05) is 35.9 Å². The van der Waals surface area contributed by atoms with E-state index in [1.807, 2.05) is 49.4 Å². The Hall–Kier alpha value is -3.81. The largest absolute Gasteiger partial charge is 0.379 e. The van der Waals surface area contributed by atoms with Crippen LogP contribution in [0, 0.1) is 6.92 Å². The third-order valence-electron chi connectivity index (χ3n) is 5.16. The minimum Gasteiger partial charge on any atom is -0.379 e. The predicted molar refractivity (Wildman–Crippen MR) is 134 cm³/mol. The Balaban J connectivity index is 0.000000248. The van der Waals surface area contributed by atoms with Gasteiger partial charge in [-0.2, -0.15) is 0 Å². The molecule has 176 valence electrons. The smallest absolute Gasteiger partial charge is 0.255 e. The van der Waals surface area contributed by atoms with Gasteiger partial charge in [0.05, 0.1) is 13.2 Å². The highest BCUT2D eigenvalue weighted by molar-refractivity contribution is 6.04. The van der Waals surface area contributed by atoms with Gasteiger partial charge in [0.25, 0.3) is 5.91 Å². The lowest BCUT2D eigenvalue weighted by Gasteiger charge is -2.26. The zero-order valence-corrected chi connectivity index (χ0v) is 19.3. The molecule has 1 aliphatic rings. The summed E-state index contributed by atoms with van der Waals surface area (Å²) in [5.74, 6) is -0.528. The van der Waals surface area contributed by atoms with Crippen LogP contribution in [0.1, 0.15) is 27.0 Å². The number of hydrogen-bond acceptors (Lipinski definition) is 5. The van der Waals surface area contributed by atoms with Crippen molar-refractivity contribution in [1.82, 2.24) is 9.88 Å². The summed E-state index contributed by atoms with van der Waals surface area (Å²) in [6.07, 6.45) is 6.24. The summed E-state index contributed by atoms with van der Waals surface area (Å²) in [6.45, 7) is 6.51. The molecular formula is C27H30N4O3. The number of morpholine rings is 1. The first-order chi connectivity index (χ1) is 16.5. The number of anilines is 1. The summed E-state index contributed by atoms with van der Waals surface area (Å²) >= 11 is 0. The van der Waals surface area contributed by atoms with Crippen molar-refractivity contribution >= 4 is 23.6 Å². The summed E-state index contributed by atoms with van der Waals surface area (Å²) in [5, 5.41) is 2.94. The first kappa shape index (κ1) is 24.8. The van der Waals surface area contributed by atoms with Crippen LogP contribution in [0.3, 0.4) is 0 Å². The molecule has 2 heterocycles. The van der Waals surface area contributed by atoms with Crippen LogP contribution in [0.15, 0.2) is 79.1 Å². The Morgan fingerprint density at radius 3 is 2.38 bits per heavy atom. The molecule has 3 N–H and O–H groups in total. The quantitative estimate of drug-likeness (QED) is 0.550. The van der Waals surface area contributed by atoms with Gasteiger partial charge in [-0.15, -0.1) is 0 Å². The third kappa shape index (κ3) is 8.61. The first-order valence-electron chi connectivity index (χ1n) is 11.1. The normalized spacial score (nSPS) is 13.7. The fourth-order valence-corrected chi connectivity index (χ4v) is 3.27. The van der Waals surface area contributed by atoms with Crippen LogP contribution >= 0.6 is 0 Å². The van der Waals surface area contributed by atoms with E-state index in [-0.39, 0.29) is 5.91 Å². The maximum absolute atomic E-state index is 12.2. The Bertz CT molecular complexity index is 1080. The number of nitrogens with one attached hydrogen (secondary N) is 1. The van der Waals surface area contributed by atoms with E-state index >= 15 is 0 Å². The maximum Gasteiger partial charge on any atom is 0.255 e. The van der Waals surface area contributed by atoms with Crippen molar-refractivity contribution < 1.29 is 14.3 Å². The Morgan fingerprint density at radius 2 is 1.76 bits per heavy atom. The SMILES string of the molecule is Cc1ccc(C(=O)Nc2ccc(CN3CCOCC3)cc2)cc1.NC(=O)C=Cc1cccnc1. The molecule has 0 atom stereocenters. The van der Waals surface area contributed by atoms with E-state index in [0.717, 1.165) is 49.7 Å². The number of nitrogens with two attached hydrogens (primary N) is 1. The second-order valence-corrected chi connectivity index (χ2v) is 7.93. The number of benzene rings is 2. The molecule has 1 aliphatic heterocycles. The molecule has 0 saturated carbocycles. The zero-order valence-electron chi connectivity index (χ0n) is 19.3. The highest BCUT2D eigenvalue weighted by atomic mass is 16.5. The summed E-state index contributed by atoms with van der Waals surface area (Å²) in [6, 6.07) is 19.3. The molecule has 0 spiro atoms. The Morgan fingerprint density at radius 1 is 1.06 bits per heavy atom. The monoisotopic (exact) mass is 458 g/mol. The number of primary amides is 1. The average molecular weight is 459 g/mol. The van der Waals surface area contributed by atoms with E-state index in [9.17, 15) is 9.59 Å². The van der Waals surface area contributed by atoms with Crippen molar-refractivity contribution in [2.45, 2.75) is 13.5 Å². The van der Waals surface area contributed by atoms with E-state index in [1.165, 1.54) is 11.6 Å². The number of aromatic nitrogens is 1. The summed E-state index contributed by atoms with van der Waals surface area (Å²) in [4.78, 5) is 28.7. The van der Waals surface area contributed by atoms with Gasteiger partial charge in [0.2, 0.25) is 5.91 Å². The van der Waals surface area contributed by atoms with Crippen molar-refractivity contribution in [3.63, 3.8) is 0 Å². The lowest BCUT2D eigenvalue weighted by molar-refractivity contribution is -0.113. The van der Waals surface area contributed by atoms with Gasteiger partial charge in [0.1, 0.15) is 0 Å². The molecule has 34 heavy (non-hydrogen) atoms. The van der Waals surface area contributed by atoms with Crippen LogP contribution in [-0.2, 0) is 16.1 Å². The topological polar surface area (TPSA) is 97.5 Å².